The maximum absolute atomic E-state index is 13.1. The highest BCUT2D eigenvalue weighted by molar-refractivity contribution is 5.96. The summed E-state index contributed by atoms with van der Waals surface area (Å²) in [4.78, 5) is 33.5. The number of anilines is 1. The molecule has 2 unspecified atom stereocenters. The Balaban J connectivity index is 1.68. The van der Waals surface area contributed by atoms with E-state index >= 15 is 0 Å². The summed E-state index contributed by atoms with van der Waals surface area (Å²) in [5.74, 6) is -4.97. The Bertz CT molecular complexity index is 1270. The summed E-state index contributed by atoms with van der Waals surface area (Å²) in [6.45, 7) is 3.84. The lowest BCUT2D eigenvalue weighted by Gasteiger charge is -2.14. The first-order valence-electron chi connectivity index (χ1n) is 10.5. The van der Waals surface area contributed by atoms with Crippen LogP contribution in [0.2, 0.25) is 0 Å². The second-order valence-electron chi connectivity index (χ2n) is 8.29. The Hall–Kier alpha value is -3.20. The van der Waals surface area contributed by atoms with Gasteiger partial charge in [-0.15, -0.1) is 0 Å². The van der Waals surface area contributed by atoms with Crippen LogP contribution in [-0.4, -0.2) is 31.5 Å². The molecule has 1 fully saturated rings. The molecule has 3 heterocycles. The quantitative estimate of drug-likeness (QED) is 0.606. The number of aliphatic hydroxyl groups excluding tert-OH is 1. The van der Waals surface area contributed by atoms with Crippen molar-refractivity contribution in [1.82, 2.24) is 14.5 Å². The Morgan fingerprint density at radius 1 is 1.28 bits per heavy atom. The molecule has 2 N–H and O–H groups in total. The van der Waals surface area contributed by atoms with E-state index in [0.717, 1.165) is 12.0 Å². The molecule has 0 bridgehead atoms. The lowest BCUT2D eigenvalue weighted by Crippen LogP contribution is -2.21. The Labute approximate surface area is 183 Å². The number of rotatable bonds is 6. The fraction of sp³-hybridized carbons (Fsp3) is 0.391. The normalized spacial score (nSPS) is 17.9. The maximum Gasteiger partial charge on any atom is 0.260 e. The van der Waals surface area contributed by atoms with Gasteiger partial charge in [0.15, 0.2) is 0 Å². The van der Waals surface area contributed by atoms with E-state index in [9.17, 15) is 23.5 Å². The third-order valence-electron chi connectivity index (χ3n) is 5.83. The van der Waals surface area contributed by atoms with Gasteiger partial charge in [-0.05, 0) is 31.0 Å². The number of aromatic nitrogens is 3. The molecule has 0 spiro atoms. The van der Waals surface area contributed by atoms with Gasteiger partial charge < -0.3 is 15.0 Å². The second-order valence-corrected chi connectivity index (χ2v) is 8.29. The summed E-state index contributed by atoms with van der Waals surface area (Å²) < 4.78 is 27.7. The van der Waals surface area contributed by atoms with Crippen LogP contribution in [-0.2, 0) is 11.8 Å². The molecule has 168 valence electrons. The predicted octanol–water partition coefficient (Wildman–Crippen LogP) is 3.73. The number of fused-ring (bicyclic) bond motifs is 1. The number of halogens is 2. The Morgan fingerprint density at radius 2 is 2.00 bits per heavy atom. The molecule has 7 nitrogen and oxygen atoms in total. The van der Waals surface area contributed by atoms with Crippen molar-refractivity contribution in [3.05, 3.63) is 52.2 Å². The van der Waals surface area contributed by atoms with Gasteiger partial charge in [0, 0.05) is 48.4 Å². The predicted molar refractivity (Wildman–Crippen MR) is 117 cm³/mol. The molecule has 0 aliphatic heterocycles. The van der Waals surface area contributed by atoms with Crippen molar-refractivity contribution in [2.24, 2.45) is 13.0 Å². The number of nitrogens with zero attached hydrogens (tertiary/aromatic N) is 3. The molecule has 32 heavy (non-hydrogen) atoms. The molecular weight excluding hydrogens is 418 g/mol. The first-order valence-corrected chi connectivity index (χ1v) is 10.5. The molecule has 1 aliphatic rings. The SMILES string of the molecule is CCCC(O)c1cc(C)c(-c2cc3cnc(NC(=O)C4CC4(F)F)cc3n(C)c2=O)cn1. The van der Waals surface area contributed by atoms with E-state index in [2.05, 4.69) is 15.3 Å². The molecule has 1 aliphatic carbocycles. The van der Waals surface area contributed by atoms with Crippen molar-refractivity contribution in [3.63, 3.8) is 0 Å². The third-order valence-corrected chi connectivity index (χ3v) is 5.83. The minimum absolute atomic E-state index is 0.111. The molecule has 3 aromatic rings. The highest BCUT2D eigenvalue weighted by Gasteiger charge is 2.61. The number of hydrogen-bond acceptors (Lipinski definition) is 5. The van der Waals surface area contributed by atoms with E-state index < -0.39 is 30.3 Å². The van der Waals surface area contributed by atoms with Gasteiger partial charge in [0.2, 0.25) is 5.91 Å². The van der Waals surface area contributed by atoms with Gasteiger partial charge >= 0.3 is 0 Å². The van der Waals surface area contributed by atoms with Crippen LogP contribution >= 0.6 is 0 Å². The Kier molecular flexibility index (Phi) is 5.54. The van der Waals surface area contributed by atoms with Crippen LogP contribution in [0.3, 0.4) is 0 Å². The zero-order valence-corrected chi connectivity index (χ0v) is 18.0. The zero-order valence-electron chi connectivity index (χ0n) is 18.0. The number of hydrogen-bond donors (Lipinski definition) is 2. The third kappa shape index (κ3) is 4.00. The number of aryl methyl sites for hydroxylation is 2. The van der Waals surface area contributed by atoms with E-state index in [-0.39, 0.29) is 11.4 Å². The average molecular weight is 442 g/mol. The van der Waals surface area contributed by atoms with Gasteiger partial charge in [0.25, 0.3) is 11.5 Å². The van der Waals surface area contributed by atoms with Crippen LogP contribution in [0.5, 0.6) is 0 Å². The molecule has 1 amide bonds. The van der Waals surface area contributed by atoms with Gasteiger partial charge in [-0.3, -0.25) is 14.6 Å². The molecular formula is C23H24F2N4O3. The zero-order chi connectivity index (χ0) is 23.2. The fourth-order valence-electron chi connectivity index (χ4n) is 3.80. The van der Waals surface area contributed by atoms with Crippen LogP contribution in [0.1, 0.15) is 43.5 Å². The van der Waals surface area contributed by atoms with Crippen LogP contribution in [0.25, 0.3) is 22.0 Å². The van der Waals surface area contributed by atoms with Gasteiger partial charge in [-0.1, -0.05) is 13.3 Å². The van der Waals surface area contributed by atoms with Crippen molar-refractivity contribution < 1.29 is 18.7 Å². The number of carbonyl (C=O) groups is 1. The lowest BCUT2D eigenvalue weighted by molar-refractivity contribution is -0.119. The first-order chi connectivity index (χ1) is 15.1. The molecule has 1 saturated carbocycles. The van der Waals surface area contributed by atoms with Crippen LogP contribution in [0.4, 0.5) is 14.6 Å². The van der Waals surface area contributed by atoms with E-state index in [4.69, 9.17) is 0 Å². The Morgan fingerprint density at radius 3 is 2.62 bits per heavy atom. The van der Waals surface area contributed by atoms with Crippen LogP contribution < -0.4 is 10.9 Å². The standard InChI is InChI=1S/C23H24F2N4O3/c1-4-5-19(30)17-6-12(2)15(11-26-17)14-7-13-10-27-20(8-18(13)29(3)22(14)32)28-21(31)16-9-23(16,24)25/h6-8,10-11,16,19,30H,4-5,9H2,1-3H3,(H,27,28,31). The highest BCUT2D eigenvalue weighted by Crippen LogP contribution is 2.49. The monoisotopic (exact) mass is 442 g/mol. The van der Waals surface area contributed by atoms with Crippen LogP contribution in [0, 0.1) is 12.8 Å². The van der Waals surface area contributed by atoms with Crippen molar-refractivity contribution in [3.8, 4) is 11.1 Å². The van der Waals surface area contributed by atoms with E-state index in [1.165, 1.54) is 16.8 Å². The second kappa shape index (κ2) is 8.05. The van der Waals surface area contributed by atoms with E-state index in [0.29, 0.717) is 34.1 Å². The topological polar surface area (TPSA) is 97.1 Å². The summed E-state index contributed by atoms with van der Waals surface area (Å²) >= 11 is 0. The summed E-state index contributed by atoms with van der Waals surface area (Å²) in [5.41, 5.74) is 2.68. The number of aliphatic hydroxyl groups is 1. The molecule has 0 radical (unpaired) electrons. The summed E-state index contributed by atoms with van der Waals surface area (Å²) in [6.07, 6.45) is 3.39. The highest BCUT2D eigenvalue weighted by atomic mass is 19.3. The van der Waals surface area contributed by atoms with Gasteiger partial charge in [0.1, 0.15) is 11.7 Å². The first kappa shape index (κ1) is 22.0. The lowest BCUT2D eigenvalue weighted by atomic mass is 10.0. The van der Waals surface area contributed by atoms with Gasteiger partial charge in [-0.25, -0.2) is 13.8 Å². The summed E-state index contributed by atoms with van der Waals surface area (Å²) in [5, 5.41) is 13.2. The van der Waals surface area contributed by atoms with Gasteiger partial charge in [0.05, 0.1) is 17.3 Å². The molecule has 4 rings (SSSR count). The number of alkyl halides is 2. The number of nitrogens with one attached hydrogen (secondary N) is 1. The molecule has 0 aromatic carbocycles. The molecule has 9 heteroatoms. The van der Waals surface area contributed by atoms with Crippen molar-refractivity contribution in [2.45, 2.75) is 45.1 Å². The maximum atomic E-state index is 13.1. The van der Waals surface area contributed by atoms with E-state index in [1.807, 2.05) is 13.8 Å². The van der Waals surface area contributed by atoms with Crippen molar-refractivity contribution in [2.75, 3.05) is 5.32 Å². The fourth-order valence-corrected chi connectivity index (χ4v) is 3.80. The van der Waals surface area contributed by atoms with Crippen LogP contribution in [0.15, 0.2) is 35.4 Å². The minimum Gasteiger partial charge on any atom is -0.387 e. The number of amides is 1. The summed E-state index contributed by atoms with van der Waals surface area (Å²) in [6, 6.07) is 4.97. The number of carbonyl (C=O) groups excluding carboxylic acids is 1. The van der Waals surface area contributed by atoms with Crippen molar-refractivity contribution >= 4 is 22.6 Å². The number of pyridine rings is 3. The van der Waals surface area contributed by atoms with Crippen molar-refractivity contribution in [1.29, 1.82) is 0 Å². The molecule has 2 atom stereocenters. The average Bonchev–Trinajstić information content (AvgIpc) is 3.40. The smallest absolute Gasteiger partial charge is 0.260 e. The largest absolute Gasteiger partial charge is 0.387 e. The molecule has 3 aromatic heterocycles. The van der Waals surface area contributed by atoms with Gasteiger partial charge in [-0.2, -0.15) is 0 Å². The molecule has 0 saturated heterocycles. The minimum atomic E-state index is -2.96. The van der Waals surface area contributed by atoms with E-state index in [1.54, 1.807) is 25.4 Å². The summed E-state index contributed by atoms with van der Waals surface area (Å²) in [7, 11) is 1.59.